The van der Waals surface area contributed by atoms with Crippen molar-refractivity contribution in [2.75, 3.05) is 18.5 Å². The maximum absolute atomic E-state index is 12.9. The monoisotopic (exact) mass is 491 g/mol. The Morgan fingerprint density at radius 2 is 1.94 bits per heavy atom. The lowest BCUT2D eigenvalue weighted by Crippen LogP contribution is -2.34. The van der Waals surface area contributed by atoms with Crippen LogP contribution in [0.5, 0.6) is 0 Å². The molecule has 1 aliphatic rings. The SMILES string of the molecule is O=C(NCCO)[C@H]1CC[C@H](c2ncc(-c3cccc(Nc4nccc(C(F)(F)F)n4)c3)s2)CC1. The first-order chi connectivity index (χ1) is 16.3. The summed E-state index contributed by atoms with van der Waals surface area (Å²) in [4.78, 5) is 25.1. The van der Waals surface area contributed by atoms with Gasteiger partial charge in [-0.1, -0.05) is 12.1 Å². The fourth-order valence-electron chi connectivity index (χ4n) is 3.99. The third-order valence-electron chi connectivity index (χ3n) is 5.73. The number of nitrogens with one attached hydrogen (secondary N) is 2. The predicted molar refractivity (Wildman–Crippen MR) is 123 cm³/mol. The van der Waals surface area contributed by atoms with Gasteiger partial charge in [0.1, 0.15) is 5.69 Å². The van der Waals surface area contributed by atoms with Crippen LogP contribution in [-0.2, 0) is 11.0 Å². The summed E-state index contributed by atoms with van der Waals surface area (Å²) >= 11 is 1.58. The molecule has 0 unspecified atom stereocenters. The number of nitrogens with zero attached hydrogens (tertiary/aromatic N) is 3. The van der Waals surface area contributed by atoms with Crippen molar-refractivity contribution >= 4 is 28.9 Å². The first kappa shape index (κ1) is 24.1. The number of hydrogen-bond acceptors (Lipinski definition) is 7. The van der Waals surface area contributed by atoms with Crippen molar-refractivity contribution in [3.63, 3.8) is 0 Å². The normalized spacial score (nSPS) is 18.5. The lowest BCUT2D eigenvalue weighted by Gasteiger charge is -2.26. The number of anilines is 2. The molecule has 1 aliphatic carbocycles. The molecule has 34 heavy (non-hydrogen) atoms. The lowest BCUT2D eigenvalue weighted by atomic mass is 9.82. The number of hydrogen-bond donors (Lipinski definition) is 3. The number of thiazole rings is 1. The van der Waals surface area contributed by atoms with Gasteiger partial charge in [0.05, 0.1) is 16.5 Å². The largest absolute Gasteiger partial charge is 0.433 e. The summed E-state index contributed by atoms with van der Waals surface area (Å²) in [6.07, 6.45) is 1.66. The van der Waals surface area contributed by atoms with Crippen LogP contribution in [-0.4, -0.2) is 39.1 Å². The van der Waals surface area contributed by atoms with Crippen LogP contribution in [0.15, 0.2) is 42.7 Å². The molecule has 1 amide bonds. The summed E-state index contributed by atoms with van der Waals surface area (Å²) < 4.78 is 38.7. The van der Waals surface area contributed by atoms with Gasteiger partial charge in [-0.2, -0.15) is 13.2 Å². The molecule has 0 spiro atoms. The number of aliphatic hydroxyl groups excluding tert-OH is 1. The van der Waals surface area contributed by atoms with Crippen LogP contribution in [0.4, 0.5) is 24.8 Å². The number of halogens is 3. The lowest BCUT2D eigenvalue weighted by molar-refractivity contribution is -0.141. The van der Waals surface area contributed by atoms with E-state index >= 15 is 0 Å². The Balaban J connectivity index is 1.41. The van der Waals surface area contributed by atoms with Gasteiger partial charge in [-0.25, -0.2) is 15.0 Å². The summed E-state index contributed by atoms with van der Waals surface area (Å²) in [6.45, 7) is 0.217. The topological polar surface area (TPSA) is 100 Å². The Hall–Kier alpha value is -3.05. The molecule has 2 heterocycles. The van der Waals surface area contributed by atoms with Crippen LogP contribution in [0, 0.1) is 5.92 Å². The molecule has 180 valence electrons. The van der Waals surface area contributed by atoms with Crippen molar-refractivity contribution < 1.29 is 23.1 Å². The molecular formula is C23H24F3N5O2S. The highest BCUT2D eigenvalue weighted by molar-refractivity contribution is 7.15. The highest BCUT2D eigenvalue weighted by atomic mass is 32.1. The quantitative estimate of drug-likeness (QED) is 0.441. The van der Waals surface area contributed by atoms with E-state index in [0.29, 0.717) is 11.6 Å². The molecule has 7 nitrogen and oxygen atoms in total. The number of aromatic nitrogens is 3. The molecule has 2 aromatic heterocycles. The molecule has 0 radical (unpaired) electrons. The van der Waals surface area contributed by atoms with Gasteiger partial charge in [-0.3, -0.25) is 4.79 Å². The molecular weight excluding hydrogens is 467 g/mol. The summed E-state index contributed by atoms with van der Waals surface area (Å²) in [5.41, 5.74) is 0.452. The van der Waals surface area contributed by atoms with Crippen LogP contribution in [0.1, 0.15) is 42.3 Å². The second-order valence-electron chi connectivity index (χ2n) is 8.09. The van der Waals surface area contributed by atoms with E-state index in [4.69, 9.17) is 5.11 Å². The standard InChI is InChI=1S/C23H24F3N5O2S/c24-23(25,26)19-8-9-28-22(31-19)30-17-3-1-2-16(12-17)18-13-29-21(34-18)15-6-4-14(5-7-15)20(33)27-10-11-32/h1-3,8-9,12-15,32H,4-7,10-11H2,(H,27,33)(H,28,30,31)/t14-,15-. The highest BCUT2D eigenvalue weighted by Gasteiger charge is 2.33. The molecule has 3 N–H and O–H groups in total. The highest BCUT2D eigenvalue weighted by Crippen LogP contribution is 2.40. The number of alkyl halides is 3. The summed E-state index contributed by atoms with van der Waals surface area (Å²) in [5.74, 6) is 0.140. The summed E-state index contributed by atoms with van der Waals surface area (Å²) in [6, 6.07) is 8.11. The van der Waals surface area contributed by atoms with E-state index < -0.39 is 11.9 Å². The second-order valence-corrected chi connectivity index (χ2v) is 9.16. The molecule has 0 atom stereocenters. The number of aliphatic hydroxyl groups is 1. The van der Waals surface area contributed by atoms with Crippen LogP contribution < -0.4 is 10.6 Å². The zero-order valence-electron chi connectivity index (χ0n) is 18.2. The van der Waals surface area contributed by atoms with E-state index in [0.717, 1.165) is 53.4 Å². The molecule has 1 saturated carbocycles. The number of carbonyl (C=O) groups is 1. The molecule has 4 rings (SSSR count). The fraction of sp³-hybridized carbons (Fsp3) is 0.391. The van der Waals surface area contributed by atoms with Gasteiger partial charge in [0.25, 0.3) is 0 Å². The molecule has 0 aliphatic heterocycles. The summed E-state index contributed by atoms with van der Waals surface area (Å²) in [7, 11) is 0. The average molecular weight is 492 g/mol. The number of carbonyl (C=O) groups excluding carboxylic acids is 1. The van der Waals surface area contributed by atoms with Gasteiger partial charge < -0.3 is 15.7 Å². The van der Waals surface area contributed by atoms with E-state index in [1.165, 1.54) is 0 Å². The van der Waals surface area contributed by atoms with Crippen LogP contribution in [0.3, 0.4) is 0 Å². The Bertz CT molecular complexity index is 1130. The molecule has 0 bridgehead atoms. The van der Waals surface area contributed by atoms with Gasteiger partial charge in [-0.15, -0.1) is 11.3 Å². The molecule has 11 heteroatoms. The molecule has 1 fully saturated rings. The van der Waals surface area contributed by atoms with E-state index in [1.54, 1.807) is 29.7 Å². The average Bonchev–Trinajstić information content (AvgIpc) is 3.33. The Kier molecular flexibility index (Phi) is 7.42. The minimum atomic E-state index is -4.54. The van der Waals surface area contributed by atoms with Crippen LogP contribution >= 0.6 is 11.3 Å². The van der Waals surface area contributed by atoms with Gasteiger partial charge in [0, 0.05) is 36.5 Å². The zero-order chi connectivity index (χ0) is 24.1. The maximum Gasteiger partial charge on any atom is 0.433 e. The third-order valence-corrected chi connectivity index (χ3v) is 6.94. The Labute approximate surface area is 198 Å². The zero-order valence-corrected chi connectivity index (χ0v) is 19.0. The van der Waals surface area contributed by atoms with Gasteiger partial charge in [-0.05, 0) is 49.4 Å². The van der Waals surface area contributed by atoms with E-state index in [-0.39, 0.29) is 30.9 Å². The van der Waals surface area contributed by atoms with Crippen LogP contribution in [0.25, 0.3) is 10.4 Å². The van der Waals surface area contributed by atoms with Crippen molar-refractivity contribution in [3.05, 3.63) is 53.4 Å². The Morgan fingerprint density at radius 3 is 2.68 bits per heavy atom. The minimum absolute atomic E-state index is 0.00129. The van der Waals surface area contributed by atoms with Crippen molar-refractivity contribution in [1.82, 2.24) is 20.3 Å². The van der Waals surface area contributed by atoms with Gasteiger partial charge in [0.15, 0.2) is 0 Å². The Morgan fingerprint density at radius 1 is 1.15 bits per heavy atom. The van der Waals surface area contributed by atoms with E-state index in [1.807, 2.05) is 12.1 Å². The van der Waals surface area contributed by atoms with E-state index in [9.17, 15) is 18.0 Å². The summed E-state index contributed by atoms with van der Waals surface area (Å²) in [5, 5.41) is 15.5. The van der Waals surface area contributed by atoms with Crippen molar-refractivity contribution in [1.29, 1.82) is 0 Å². The molecule has 1 aromatic carbocycles. The predicted octanol–water partition coefficient (Wildman–Crippen LogP) is 4.74. The smallest absolute Gasteiger partial charge is 0.395 e. The maximum atomic E-state index is 12.9. The van der Waals surface area contributed by atoms with Crippen molar-refractivity contribution in [3.8, 4) is 10.4 Å². The third kappa shape index (κ3) is 5.89. The van der Waals surface area contributed by atoms with Crippen LogP contribution in [0.2, 0.25) is 0 Å². The van der Waals surface area contributed by atoms with E-state index in [2.05, 4.69) is 25.6 Å². The fourth-order valence-corrected chi connectivity index (χ4v) is 5.08. The van der Waals surface area contributed by atoms with Gasteiger partial charge >= 0.3 is 6.18 Å². The number of benzene rings is 1. The number of rotatable bonds is 7. The second kappa shape index (κ2) is 10.5. The molecule has 3 aromatic rings. The number of amides is 1. The minimum Gasteiger partial charge on any atom is -0.395 e. The van der Waals surface area contributed by atoms with Gasteiger partial charge in [0.2, 0.25) is 11.9 Å². The first-order valence-electron chi connectivity index (χ1n) is 11.0. The molecule has 0 saturated heterocycles. The van der Waals surface area contributed by atoms with Crippen molar-refractivity contribution in [2.45, 2.75) is 37.8 Å². The first-order valence-corrected chi connectivity index (χ1v) is 11.8. The van der Waals surface area contributed by atoms with Crippen molar-refractivity contribution in [2.24, 2.45) is 5.92 Å².